The molecule has 1 aromatic heterocycles. The first kappa shape index (κ1) is 43.4. The first-order chi connectivity index (χ1) is 20.1. The molecule has 1 unspecified atom stereocenters. The molecular formula is C35H60Br2N4O2. The number of ketones is 1. The van der Waals surface area contributed by atoms with Gasteiger partial charge in [0.2, 0.25) is 0 Å². The van der Waals surface area contributed by atoms with Crippen LogP contribution in [0.1, 0.15) is 119 Å². The van der Waals surface area contributed by atoms with E-state index in [0.29, 0.717) is 11.1 Å². The molecule has 1 atom stereocenters. The highest BCUT2D eigenvalue weighted by Gasteiger charge is 2.15. The molecule has 0 aliphatic heterocycles. The van der Waals surface area contributed by atoms with Gasteiger partial charge < -0.3 is 20.2 Å². The summed E-state index contributed by atoms with van der Waals surface area (Å²) in [5, 5.41) is 16.1. The number of benzene rings is 1. The van der Waals surface area contributed by atoms with Gasteiger partial charge in [-0.1, -0.05) is 115 Å². The van der Waals surface area contributed by atoms with E-state index in [9.17, 15) is 10.0 Å². The molecule has 0 bridgehead atoms. The van der Waals surface area contributed by atoms with E-state index in [1.807, 2.05) is 58.3 Å². The summed E-state index contributed by atoms with van der Waals surface area (Å²) in [6.07, 6.45) is 11.9. The monoisotopic (exact) mass is 726 g/mol. The van der Waals surface area contributed by atoms with E-state index in [1.165, 1.54) is 38.5 Å². The molecule has 246 valence electrons. The summed E-state index contributed by atoms with van der Waals surface area (Å²) in [5.74, 6) is 1.11. The summed E-state index contributed by atoms with van der Waals surface area (Å²) < 4.78 is 1.94. The lowest BCUT2D eigenvalue weighted by Gasteiger charge is -2.18. The minimum absolute atomic E-state index is 0.102. The van der Waals surface area contributed by atoms with Crippen LogP contribution in [0.3, 0.4) is 0 Å². The number of halogens is 2. The highest BCUT2D eigenvalue weighted by molar-refractivity contribution is 9.11. The minimum atomic E-state index is 0.102. The van der Waals surface area contributed by atoms with Crippen LogP contribution in [0, 0.1) is 11.3 Å². The maximum atomic E-state index is 10.0. The van der Waals surface area contributed by atoms with Gasteiger partial charge in [0.15, 0.2) is 0 Å². The summed E-state index contributed by atoms with van der Waals surface area (Å²) >= 11 is 6.97. The third kappa shape index (κ3) is 26.4. The number of nitrogens with one attached hydrogen (secondary N) is 1. The predicted molar refractivity (Wildman–Crippen MR) is 195 cm³/mol. The number of aromatic nitrogens is 1. The van der Waals surface area contributed by atoms with Crippen LogP contribution in [0.2, 0.25) is 0 Å². The Morgan fingerprint density at radius 2 is 1.53 bits per heavy atom. The number of rotatable bonds is 13. The fraction of sp³-hybridized carbons (Fsp3) is 0.629. The first-order valence-electron chi connectivity index (χ1n) is 15.6. The van der Waals surface area contributed by atoms with E-state index in [-0.39, 0.29) is 11.7 Å². The number of anilines is 2. The third-order valence-electron chi connectivity index (χ3n) is 5.52. The Morgan fingerprint density at radius 3 is 1.91 bits per heavy atom. The van der Waals surface area contributed by atoms with E-state index < -0.39 is 0 Å². The van der Waals surface area contributed by atoms with Crippen molar-refractivity contribution in [2.24, 2.45) is 16.5 Å². The van der Waals surface area contributed by atoms with Crippen LogP contribution in [0.5, 0.6) is 0 Å². The molecule has 2 aromatic rings. The topological polar surface area (TPSA) is 77.8 Å². The number of carbonyl (C=O) groups excluding carboxylic acids is 1. The molecule has 0 radical (unpaired) electrons. The molecule has 0 spiro atoms. The third-order valence-corrected chi connectivity index (χ3v) is 6.71. The van der Waals surface area contributed by atoms with Gasteiger partial charge in [-0.2, -0.15) is 0 Å². The summed E-state index contributed by atoms with van der Waals surface area (Å²) in [4.78, 5) is 16.5. The van der Waals surface area contributed by atoms with Crippen LogP contribution in [0.25, 0.3) is 0 Å². The van der Waals surface area contributed by atoms with Crippen molar-refractivity contribution in [1.82, 2.24) is 9.88 Å². The quantitative estimate of drug-likeness (QED) is 0.0929. The zero-order valence-electron chi connectivity index (χ0n) is 28.9. The van der Waals surface area contributed by atoms with Gasteiger partial charge in [-0.25, -0.2) is 4.98 Å². The highest BCUT2D eigenvalue weighted by atomic mass is 79.9. The predicted octanol–water partition coefficient (Wildman–Crippen LogP) is 11.5. The van der Waals surface area contributed by atoms with Crippen LogP contribution >= 0.6 is 31.9 Å². The summed E-state index contributed by atoms with van der Waals surface area (Å²) in [6, 6.07) is 9.67. The standard InChI is InChI=1S/C17H20Br2N4O.C8H18.C5H10O.C5H12/c1-11(10-23(2)3)17(22-24)12-4-7-16(20-9-12)21-15-8-13(18)5-6-14(15)19;1-3-5-7-8-6-4-2;1-3-4-5(2)6;1-5(2,3)4/h4-9,11,24H,10H2,1-3H3,(H,20,21);3-8H2,1-2H3;3-4H2,1-2H3;1-4H3/b22-17+;;;. The van der Waals surface area contributed by atoms with Gasteiger partial charge in [0.05, 0.1) is 11.4 Å². The van der Waals surface area contributed by atoms with Crippen molar-refractivity contribution in [1.29, 1.82) is 0 Å². The van der Waals surface area contributed by atoms with Gasteiger partial charge in [0.1, 0.15) is 11.6 Å². The Bertz CT molecular complexity index is 1010. The van der Waals surface area contributed by atoms with Crippen molar-refractivity contribution < 1.29 is 10.0 Å². The Morgan fingerprint density at radius 1 is 0.977 bits per heavy atom. The second kappa shape index (κ2) is 25.5. The van der Waals surface area contributed by atoms with Crippen molar-refractivity contribution in [2.45, 2.75) is 114 Å². The molecule has 0 saturated carbocycles. The number of pyridine rings is 1. The van der Waals surface area contributed by atoms with Crippen LogP contribution in [-0.2, 0) is 4.79 Å². The lowest BCUT2D eigenvalue weighted by Crippen LogP contribution is -2.26. The minimum Gasteiger partial charge on any atom is -0.411 e. The second-order valence-electron chi connectivity index (χ2n) is 12.7. The zero-order chi connectivity index (χ0) is 33.4. The van der Waals surface area contributed by atoms with Gasteiger partial charge in [-0.15, -0.1) is 0 Å². The number of unbranched alkanes of at least 4 members (excludes halogenated alkanes) is 5. The number of hydrogen-bond acceptors (Lipinski definition) is 6. The number of oxime groups is 1. The number of Topliss-reactive ketones (excluding diaryl/α,β-unsaturated/α-hetero) is 1. The lowest BCUT2D eigenvalue weighted by molar-refractivity contribution is -0.117. The fourth-order valence-corrected chi connectivity index (χ4v) is 4.34. The Hall–Kier alpha value is -1.77. The van der Waals surface area contributed by atoms with Crippen molar-refractivity contribution in [3.05, 3.63) is 51.0 Å². The maximum Gasteiger partial charge on any atom is 0.130 e. The summed E-state index contributed by atoms with van der Waals surface area (Å²) in [5.41, 5.74) is 2.86. The van der Waals surface area contributed by atoms with Crippen molar-refractivity contribution in [2.75, 3.05) is 26.0 Å². The molecule has 6 nitrogen and oxygen atoms in total. The van der Waals surface area contributed by atoms with E-state index in [0.717, 1.165) is 45.4 Å². The molecule has 1 heterocycles. The van der Waals surface area contributed by atoms with E-state index in [1.54, 1.807) is 13.1 Å². The van der Waals surface area contributed by atoms with Crippen molar-refractivity contribution in [3.63, 3.8) is 0 Å². The van der Waals surface area contributed by atoms with Crippen LogP contribution in [0.4, 0.5) is 11.5 Å². The fourth-order valence-electron chi connectivity index (χ4n) is 3.63. The molecule has 2 rings (SSSR count). The van der Waals surface area contributed by atoms with Crippen LogP contribution < -0.4 is 5.32 Å². The lowest BCUT2D eigenvalue weighted by atomic mass is 9.99. The van der Waals surface area contributed by atoms with Gasteiger partial charge in [-0.05, 0) is 79.1 Å². The number of hydrogen-bond donors (Lipinski definition) is 2. The van der Waals surface area contributed by atoms with Crippen LogP contribution in [0.15, 0.2) is 50.6 Å². The molecule has 0 fully saturated rings. The molecule has 0 aliphatic carbocycles. The van der Waals surface area contributed by atoms with E-state index in [4.69, 9.17) is 0 Å². The molecule has 0 aliphatic rings. The van der Waals surface area contributed by atoms with Crippen molar-refractivity contribution in [3.8, 4) is 0 Å². The summed E-state index contributed by atoms with van der Waals surface area (Å²) in [6.45, 7) is 19.7. The van der Waals surface area contributed by atoms with E-state index >= 15 is 0 Å². The Kier molecular flexibility index (Phi) is 25.8. The summed E-state index contributed by atoms with van der Waals surface area (Å²) in [7, 11) is 3.99. The Labute approximate surface area is 280 Å². The van der Waals surface area contributed by atoms with E-state index in [2.05, 4.69) is 93.8 Å². The zero-order valence-corrected chi connectivity index (χ0v) is 32.0. The van der Waals surface area contributed by atoms with Gasteiger partial charge in [0.25, 0.3) is 0 Å². The maximum absolute atomic E-state index is 10.0. The molecular weight excluding hydrogens is 668 g/mol. The number of nitrogens with zero attached hydrogens (tertiary/aromatic N) is 3. The largest absolute Gasteiger partial charge is 0.411 e. The molecule has 1 aromatic carbocycles. The van der Waals surface area contributed by atoms with Crippen molar-refractivity contribution >= 4 is 54.9 Å². The average Bonchev–Trinajstić information content (AvgIpc) is 2.89. The molecule has 43 heavy (non-hydrogen) atoms. The molecule has 8 heteroatoms. The van der Waals surface area contributed by atoms with Gasteiger partial charge >= 0.3 is 0 Å². The molecule has 0 amide bonds. The van der Waals surface area contributed by atoms with Gasteiger partial charge in [0, 0.05) is 39.6 Å². The first-order valence-corrected chi connectivity index (χ1v) is 17.2. The molecule has 2 N–H and O–H groups in total. The average molecular weight is 729 g/mol. The number of carbonyl (C=O) groups is 1. The smallest absolute Gasteiger partial charge is 0.130 e. The SMILES string of the molecule is CC(C)(C)C.CC(CN(C)C)/C(=N\O)c1ccc(Nc2cc(Br)ccc2Br)nc1.CCCC(C)=O.CCCCCCCC. The normalized spacial score (nSPS) is 11.7. The highest BCUT2D eigenvalue weighted by Crippen LogP contribution is 2.28. The second-order valence-corrected chi connectivity index (χ2v) is 14.5. The molecule has 0 saturated heterocycles. The van der Waals surface area contributed by atoms with Gasteiger partial charge in [-0.3, -0.25) is 0 Å². The van der Waals surface area contributed by atoms with Crippen LogP contribution in [-0.4, -0.2) is 47.2 Å². The Balaban J connectivity index is 0.